The summed E-state index contributed by atoms with van der Waals surface area (Å²) >= 11 is 6.04. The van der Waals surface area contributed by atoms with Gasteiger partial charge in [-0.25, -0.2) is 4.79 Å². The molecule has 12 heteroatoms. The number of nitrogens with zero attached hydrogens (tertiary/aromatic N) is 5. The summed E-state index contributed by atoms with van der Waals surface area (Å²) < 4.78 is 0. The number of rotatable bonds is 9. The first kappa shape index (κ1) is 25.3. The molecule has 2 aromatic rings. The van der Waals surface area contributed by atoms with E-state index in [-0.39, 0.29) is 23.7 Å². The summed E-state index contributed by atoms with van der Waals surface area (Å²) in [6, 6.07) is 10.00. The van der Waals surface area contributed by atoms with E-state index < -0.39 is 29.2 Å². The van der Waals surface area contributed by atoms with Gasteiger partial charge in [0.1, 0.15) is 5.69 Å². The second-order valence-corrected chi connectivity index (χ2v) is 8.28. The van der Waals surface area contributed by atoms with Gasteiger partial charge >= 0.3 is 6.09 Å². The van der Waals surface area contributed by atoms with Crippen LogP contribution < -0.4 is 4.90 Å². The minimum Gasteiger partial charge on any atom is -0.465 e. The van der Waals surface area contributed by atoms with Crippen LogP contribution in [0.2, 0.25) is 5.02 Å². The largest absolute Gasteiger partial charge is 0.465 e. The van der Waals surface area contributed by atoms with Crippen molar-refractivity contribution in [3.8, 4) is 0 Å². The highest BCUT2D eigenvalue weighted by molar-refractivity contribution is 6.33. The summed E-state index contributed by atoms with van der Waals surface area (Å²) in [5.41, 5.74) is 1.63. The number of anilines is 1. The van der Waals surface area contributed by atoms with Crippen molar-refractivity contribution in [1.82, 2.24) is 4.90 Å². The van der Waals surface area contributed by atoms with Crippen LogP contribution >= 0.6 is 11.6 Å². The number of benzene rings is 2. The van der Waals surface area contributed by atoms with Crippen LogP contribution in [0, 0.1) is 10.1 Å². The number of aliphatic hydroxyl groups excluding tert-OH is 2. The first-order valence-corrected chi connectivity index (χ1v) is 11.1. The highest BCUT2D eigenvalue weighted by Gasteiger charge is 2.42. The van der Waals surface area contributed by atoms with Crippen molar-refractivity contribution in [2.24, 2.45) is 10.2 Å². The number of amides is 1. The Labute approximate surface area is 201 Å². The third kappa shape index (κ3) is 5.79. The predicted octanol–water partition coefficient (Wildman–Crippen LogP) is 4.35. The molecule has 3 rings (SSSR count). The number of nitro benzene ring substituents is 1. The predicted molar refractivity (Wildman–Crippen MR) is 126 cm³/mol. The SMILES string of the molecule is CCN(CCC1[C@H](O)C[C@@H](CO)N1C(=O)O)c1ccc(N=Nc2ccc([N+](=O)[O-])cc2Cl)cc1. The Kier molecular flexibility index (Phi) is 8.37. The first-order chi connectivity index (χ1) is 16.2. The van der Waals surface area contributed by atoms with E-state index in [2.05, 4.69) is 10.2 Å². The normalized spacial score (nSPS) is 20.1. The smallest absolute Gasteiger partial charge is 0.407 e. The molecule has 1 amide bonds. The Bertz CT molecular complexity index is 1050. The molecule has 0 saturated carbocycles. The molecule has 11 nitrogen and oxygen atoms in total. The average Bonchev–Trinajstić information content (AvgIpc) is 3.14. The molecule has 0 radical (unpaired) electrons. The van der Waals surface area contributed by atoms with E-state index in [1.807, 2.05) is 24.0 Å². The Balaban J connectivity index is 1.65. The molecule has 0 aliphatic carbocycles. The molecule has 2 aromatic carbocycles. The van der Waals surface area contributed by atoms with Crippen molar-refractivity contribution < 1.29 is 25.0 Å². The lowest BCUT2D eigenvalue weighted by atomic mass is 10.1. The van der Waals surface area contributed by atoms with Crippen molar-refractivity contribution in [2.45, 2.75) is 38.0 Å². The zero-order valence-electron chi connectivity index (χ0n) is 18.5. The zero-order valence-corrected chi connectivity index (χ0v) is 19.2. The Morgan fingerprint density at radius 3 is 2.53 bits per heavy atom. The summed E-state index contributed by atoms with van der Waals surface area (Å²) in [6.07, 6.45) is -1.33. The molecule has 0 bridgehead atoms. The standard InChI is InChI=1S/C22H26ClN5O6/c1-2-26(10-9-20-21(30)12-17(13-29)27(20)22(31)32)15-5-3-14(4-6-15)24-25-19-8-7-16(28(33)34)11-18(19)23/h3-8,11,17,20-21,29-30H,2,9-10,12-13H2,1H3,(H,31,32)/t17-,20?,21+/m0/s1. The lowest BCUT2D eigenvalue weighted by molar-refractivity contribution is -0.384. The van der Waals surface area contributed by atoms with Crippen molar-refractivity contribution in [3.05, 3.63) is 57.6 Å². The molecular formula is C22H26ClN5O6. The monoisotopic (exact) mass is 491 g/mol. The molecule has 34 heavy (non-hydrogen) atoms. The second-order valence-electron chi connectivity index (χ2n) is 7.87. The third-order valence-corrected chi connectivity index (χ3v) is 6.15. The maximum Gasteiger partial charge on any atom is 0.407 e. The Morgan fingerprint density at radius 1 is 1.26 bits per heavy atom. The van der Waals surface area contributed by atoms with Gasteiger partial charge in [0.15, 0.2) is 0 Å². The molecular weight excluding hydrogens is 466 g/mol. The molecule has 0 spiro atoms. The molecule has 3 N–H and O–H groups in total. The number of aliphatic hydroxyl groups is 2. The molecule has 3 atom stereocenters. The summed E-state index contributed by atoms with van der Waals surface area (Å²) in [5, 5.41) is 48.4. The van der Waals surface area contributed by atoms with E-state index in [0.717, 1.165) is 10.6 Å². The number of hydrogen-bond donors (Lipinski definition) is 3. The van der Waals surface area contributed by atoms with Crippen LogP contribution in [0.1, 0.15) is 19.8 Å². The number of azo groups is 1. The highest BCUT2D eigenvalue weighted by Crippen LogP contribution is 2.31. The molecule has 1 saturated heterocycles. The maximum atomic E-state index is 11.6. The van der Waals surface area contributed by atoms with Crippen molar-refractivity contribution in [2.75, 3.05) is 24.6 Å². The van der Waals surface area contributed by atoms with Gasteiger partial charge in [-0.05, 0) is 50.1 Å². The minimum absolute atomic E-state index is 0.125. The zero-order chi connectivity index (χ0) is 24.8. The minimum atomic E-state index is -1.15. The highest BCUT2D eigenvalue weighted by atomic mass is 35.5. The first-order valence-electron chi connectivity index (χ1n) is 10.8. The Hall–Kier alpha value is -3.28. The van der Waals surface area contributed by atoms with Crippen molar-refractivity contribution >= 4 is 40.4 Å². The number of likely N-dealkylation sites (tertiary alicyclic amines) is 1. The molecule has 182 valence electrons. The van der Waals surface area contributed by atoms with E-state index in [9.17, 15) is 30.2 Å². The van der Waals surface area contributed by atoms with Gasteiger partial charge in [0.05, 0.1) is 40.4 Å². The fourth-order valence-electron chi connectivity index (χ4n) is 4.09. The van der Waals surface area contributed by atoms with Crippen LogP contribution in [-0.2, 0) is 0 Å². The number of non-ortho nitro benzene ring substituents is 1. The van der Waals surface area contributed by atoms with Gasteiger partial charge in [-0.15, -0.1) is 5.11 Å². The van der Waals surface area contributed by atoms with Crippen molar-refractivity contribution in [1.29, 1.82) is 0 Å². The summed E-state index contributed by atoms with van der Waals surface area (Å²) in [5.74, 6) is 0. The van der Waals surface area contributed by atoms with E-state index in [1.165, 1.54) is 18.2 Å². The number of carbonyl (C=O) groups is 1. The summed E-state index contributed by atoms with van der Waals surface area (Å²) in [4.78, 5) is 25.1. The fourth-order valence-corrected chi connectivity index (χ4v) is 4.30. The molecule has 1 fully saturated rings. The molecule has 0 aromatic heterocycles. The van der Waals surface area contributed by atoms with Gasteiger partial charge in [-0.2, -0.15) is 5.11 Å². The van der Waals surface area contributed by atoms with Crippen LogP contribution in [0.4, 0.5) is 27.5 Å². The van der Waals surface area contributed by atoms with E-state index in [1.54, 1.807) is 12.1 Å². The number of hydrogen-bond acceptors (Lipinski definition) is 8. The summed E-state index contributed by atoms with van der Waals surface area (Å²) in [6.45, 7) is 2.83. The van der Waals surface area contributed by atoms with Crippen LogP contribution in [0.25, 0.3) is 0 Å². The quantitative estimate of drug-likeness (QED) is 0.267. The van der Waals surface area contributed by atoms with Gasteiger partial charge in [-0.1, -0.05) is 11.6 Å². The lowest BCUT2D eigenvalue weighted by Gasteiger charge is -2.30. The number of halogens is 1. The average molecular weight is 492 g/mol. The van der Waals surface area contributed by atoms with Gasteiger partial charge in [-0.3, -0.25) is 15.0 Å². The Morgan fingerprint density at radius 2 is 1.97 bits per heavy atom. The van der Waals surface area contributed by atoms with Crippen molar-refractivity contribution in [3.63, 3.8) is 0 Å². The fraction of sp³-hybridized carbons (Fsp3) is 0.409. The van der Waals surface area contributed by atoms with Gasteiger partial charge < -0.3 is 20.2 Å². The maximum absolute atomic E-state index is 11.6. The van der Waals surface area contributed by atoms with Gasteiger partial charge in [0.2, 0.25) is 0 Å². The summed E-state index contributed by atoms with van der Waals surface area (Å²) in [7, 11) is 0. The second kappa shape index (κ2) is 11.2. The lowest BCUT2D eigenvalue weighted by Crippen LogP contribution is -2.45. The molecule has 1 heterocycles. The van der Waals surface area contributed by atoms with Crippen LogP contribution in [0.5, 0.6) is 0 Å². The molecule has 1 aliphatic heterocycles. The van der Waals surface area contributed by atoms with E-state index >= 15 is 0 Å². The van der Waals surface area contributed by atoms with Gasteiger partial charge in [0.25, 0.3) is 5.69 Å². The van der Waals surface area contributed by atoms with Crippen LogP contribution in [0.3, 0.4) is 0 Å². The number of nitro groups is 1. The third-order valence-electron chi connectivity index (χ3n) is 5.85. The van der Waals surface area contributed by atoms with E-state index in [0.29, 0.717) is 30.9 Å². The van der Waals surface area contributed by atoms with Crippen LogP contribution in [-0.4, -0.2) is 69.1 Å². The van der Waals surface area contributed by atoms with E-state index in [4.69, 9.17) is 11.6 Å². The topological polar surface area (TPSA) is 152 Å². The molecule has 1 aliphatic rings. The van der Waals surface area contributed by atoms with Gasteiger partial charge in [0, 0.05) is 30.9 Å². The van der Waals surface area contributed by atoms with Crippen LogP contribution in [0.15, 0.2) is 52.7 Å². The molecule has 1 unspecified atom stereocenters. The number of carboxylic acid groups (broad SMARTS) is 1.